The SMILES string of the molecule is CC(C)NCC(O)COc1cccc2ccccc12.Cc1ncc(CO)c(CO)c1O. The van der Waals surface area contributed by atoms with Crippen LogP contribution in [-0.2, 0) is 13.2 Å². The lowest BCUT2D eigenvalue weighted by Crippen LogP contribution is -2.35. The van der Waals surface area contributed by atoms with Crippen molar-refractivity contribution in [3.63, 3.8) is 0 Å². The van der Waals surface area contributed by atoms with Gasteiger partial charge in [-0.25, -0.2) is 0 Å². The van der Waals surface area contributed by atoms with E-state index in [4.69, 9.17) is 14.9 Å². The topological polar surface area (TPSA) is 115 Å². The molecular formula is C24H32N2O5. The van der Waals surface area contributed by atoms with Gasteiger partial charge < -0.3 is 30.5 Å². The lowest BCUT2D eigenvalue weighted by atomic mass is 10.1. The van der Waals surface area contributed by atoms with Crippen LogP contribution >= 0.6 is 0 Å². The fraction of sp³-hybridized carbons (Fsp3) is 0.375. The van der Waals surface area contributed by atoms with E-state index in [9.17, 15) is 10.2 Å². The second-order valence-electron chi connectivity index (χ2n) is 7.52. The minimum absolute atomic E-state index is 0.0379. The molecule has 0 amide bonds. The molecule has 7 nitrogen and oxygen atoms in total. The largest absolute Gasteiger partial charge is 0.506 e. The van der Waals surface area contributed by atoms with Gasteiger partial charge in [0.2, 0.25) is 0 Å². The molecule has 7 heteroatoms. The van der Waals surface area contributed by atoms with Gasteiger partial charge >= 0.3 is 0 Å². The Morgan fingerprint density at radius 2 is 1.74 bits per heavy atom. The predicted molar refractivity (Wildman–Crippen MR) is 121 cm³/mol. The molecule has 0 aliphatic rings. The van der Waals surface area contributed by atoms with Gasteiger partial charge in [0.1, 0.15) is 24.2 Å². The van der Waals surface area contributed by atoms with E-state index in [1.807, 2.05) is 30.3 Å². The van der Waals surface area contributed by atoms with Crippen LogP contribution < -0.4 is 10.1 Å². The Balaban J connectivity index is 0.000000245. The predicted octanol–water partition coefficient (Wildman–Crippen LogP) is 2.66. The number of aliphatic hydroxyl groups is 3. The molecule has 0 saturated carbocycles. The first-order valence-corrected chi connectivity index (χ1v) is 10.3. The Labute approximate surface area is 183 Å². The van der Waals surface area contributed by atoms with E-state index < -0.39 is 6.10 Å². The molecule has 5 N–H and O–H groups in total. The molecule has 168 valence electrons. The Morgan fingerprint density at radius 3 is 2.42 bits per heavy atom. The molecule has 0 radical (unpaired) electrons. The number of aromatic nitrogens is 1. The second-order valence-corrected chi connectivity index (χ2v) is 7.52. The van der Waals surface area contributed by atoms with Crippen molar-refractivity contribution in [2.24, 2.45) is 0 Å². The standard InChI is InChI=1S/C16H21NO2.C8H11NO3/c1-12(2)17-10-14(18)11-19-16-9-5-7-13-6-3-4-8-15(13)16;1-5-8(12)7(4-11)6(3-10)2-9-5/h3-9,12,14,17-18H,10-11H2,1-2H3;2,10-12H,3-4H2,1H3. The van der Waals surface area contributed by atoms with Crippen LogP contribution in [0.5, 0.6) is 11.5 Å². The van der Waals surface area contributed by atoms with Crippen molar-refractivity contribution < 1.29 is 25.2 Å². The van der Waals surface area contributed by atoms with Gasteiger partial charge in [0, 0.05) is 35.3 Å². The highest BCUT2D eigenvalue weighted by atomic mass is 16.5. The Hall–Kier alpha value is -2.71. The highest BCUT2D eigenvalue weighted by molar-refractivity contribution is 5.88. The fourth-order valence-electron chi connectivity index (χ4n) is 2.94. The zero-order chi connectivity index (χ0) is 22.8. The van der Waals surface area contributed by atoms with Crippen molar-refractivity contribution in [3.05, 3.63) is 65.5 Å². The molecule has 0 fully saturated rings. The summed E-state index contributed by atoms with van der Waals surface area (Å²) in [6.45, 7) is 6.07. The normalized spacial score (nSPS) is 11.8. The first-order valence-electron chi connectivity index (χ1n) is 10.3. The molecule has 1 aromatic heterocycles. The Bertz CT molecular complexity index is 957. The van der Waals surface area contributed by atoms with Gasteiger partial charge in [-0.05, 0) is 18.4 Å². The summed E-state index contributed by atoms with van der Waals surface area (Å²) in [4.78, 5) is 3.84. The summed E-state index contributed by atoms with van der Waals surface area (Å²) in [6.07, 6.45) is 0.946. The number of nitrogens with zero attached hydrogens (tertiary/aromatic N) is 1. The highest BCUT2D eigenvalue weighted by Gasteiger charge is 2.09. The number of pyridine rings is 1. The maximum atomic E-state index is 9.84. The van der Waals surface area contributed by atoms with Gasteiger partial charge in [-0.1, -0.05) is 50.2 Å². The number of aromatic hydroxyl groups is 1. The first kappa shape index (κ1) is 24.6. The molecule has 1 unspecified atom stereocenters. The van der Waals surface area contributed by atoms with Crippen molar-refractivity contribution in [2.75, 3.05) is 13.2 Å². The average molecular weight is 429 g/mol. The first-order chi connectivity index (χ1) is 14.9. The van der Waals surface area contributed by atoms with Crippen molar-refractivity contribution in [3.8, 4) is 11.5 Å². The summed E-state index contributed by atoms with van der Waals surface area (Å²) in [5.41, 5.74) is 1.27. The molecule has 1 atom stereocenters. The number of hydrogen-bond donors (Lipinski definition) is 5. The summed E-state index contributed by atoms with van der Waals surface area (Å²) < 4.78 is 5.72. The zero-order valence-electron chi connectivity index (χ0n) is 18.2. The van der Waals surface area contributed by atoms with E-state index in [0.717, 1.165) is 16.5 Å². The minimum atomic E-state index is -0.499. The van der Waals surface area contributed by atoms with Crippen molar-refractivity contribution in [1.29, 1.82) is 0 Å². The summed E-state index contributed by atoms with van der Waals surface area (Å²) >= 11 is 0. The van der Waals surface area contributed by atoms with E-state index in [-0.39, 0.29) is 19.0 Å². The fourth-order valence-corrected chi connectivity index (χ4v) is 2.94. The van der Waals surface area contributed by atoms with Gasteiger partial charge in [-0.2, -0.15) is 0 Å². The van der Waals surface area contributed by atoms with E-state index in [1.54, 1.807) is 6.92 Å². The lowest BCUT2D eigenvalue weighted by molar-refractivity contribution is 0.105. The Kier molecular flexibility index (Phi) is 9.68. The van der Waals surface area contributed by atoms with E-state index in [2.05, 4.69) is 36.3 Å². The average Bonchev–Trinajstić information content (AvgIpc) is 2.78. The number of ether oxygens (including phenoxy) is 1. The lowest BCUT2D eigenvalue weighted by Gasteiger charge is -2.15. The number of benzene rings is 2. The molecule has 1 heterocycles. The van der Waals surface area contributed by atoms with Crippen LogP contribution in [0.15, 0.2) is 48.7 Å². The van der Waals surface area contributed by atoms with E-state index in [1.165, 1.54) is 6.20 Å². The number of aryl methyl sites for hydroxylation is 1. The van der Waals surface area contributed by atoms with Crippen LogP contribution in [0.25, 0.3) is 10.8 Å². The molecule has 0 spiro atoms. The molecular weight excluding hydrogens is 396 g/mol. The number of nitrogens with one attached hydrogen (secondary N) is 1. The van der Waals surface area contributed by atoms with Gasteiger partial charge in [0.05, 0.1) is 18.9 Å². The summed E-state index contributed by atoms with van der Waals surface area (Å²) in [6, 6.07) is 14.4. The van der Waals surface area contributed by atoms with Crippen molar-refractivity contribution >= 4 is 10.8 Å². The molecule has 0 bridgehead atoms. The third-order valence-corrected chi connectivity index (χ3v) is 4.70. The van der Waals surface area contributed by atoms with Gasteiger partial charge in [0.25, 0.3) is 0 Å². The molecule has 0 saturated heterocycles. The quantitative estimate of drug-likeness (QED) is 0.375. The highest BCUT2D eigenvalue weighted by Crippen LogP contribution is 2.25. The van der Waals surface area contributed by atoms with Crippen molar-refractivity contribution in [2.45, 2.75) is 46.1 Å². The van der Waals surface area contributed by atoms with Gasteiger partial charge in [-0.3, -0.25) is 4.98 Å². The van der Waals surface area contributed by atoms with Crippen LogP contribution in [0.4, 0.5) is 0 Å². The van der Waals surface area contributed by atoms with E-state index >= 15 is 0 Å². The number of hydrogen-bond acceptors (Lipinski definition) is 7. The van der Waals surface area contributed by atoms with Crippen molar-refractivity contribution in [1.82, 2.24) is 10.3 Å². The van der Waals surface area contributed by atoms with Crippen LogP contribution in [0.3, 0.4) is 0 Å². The molecule has 31 heavy (non-hydrogen) atoms. The summed E-state index contributed by atoms with van der Waals surface area (Å²) in [5, 5.41) is 42.3. The maximum absolute atomic E-state index is 9.84. The van der Waals surface area contributed by atoms with Crippen LogP contribution in [0.1, 0.15) is 30.7 Å². The van der Waals surface area contributed by atoms with Crippen LogP contribution in [-0.4, -0.2) is 50.7 Å². The third kappa shape index (κ3) is 7.18. The molecule has 0 aliphatic carbocycles. The van der Waals surface area contributed by atoms with Gasteiger partial charge in [0.15, 0.2) is 0 Å². The number of fused-ring (bicyclic) bond motifs is 1. The molecule has 3 rings (SSSR count). The van der Waals surface area contributed by atoms with Crippen LogP contribution in [0.2, 0.25) is 0 Å². The summed E-state index contributed by atoms with van der Waals surface area (Å²) in [7, 11) is 0. The van der Waals surface area contributed by atoms with Gasteiger partial charge in [-0.15, -0.1) is 0 Å². The number of rotatable bonds is 8. The maximum Gasteiger partial charge on any atom is 0.142 e. The smallest absolute Gasteiger partial charge is 0.142 e. The monoisotopic (exact) mass is 428 g/mol. The number of aliphatic hydroxyl groups excluding tert-OH is 3. The molecule has 2 aromatic carbocycles. The second kappa shape index (κ2) is 12.2. The summed E-state index contributed by atoms with van der Waals surface area (Å²) in [5.74, 6) is 0.783. The minimum Gasteiger partial charge on any atom is -0.506 e. The molecule has 3 aromatic rings. The van der Waals surface area contributed by atoms with E-state index in [0.29, 0.717) is 36.0 Å². The zero-order valence-corrected chi connectivity index (χ0v) is 18.2. The van der Waals surface area contributed by atoms with Crippen LogP contribution in [0, 0.1) is 6.92 Å². The third-order valence-electron chi connectivity index (χ3n) is 4.70. The molecule has 0 aliphatic heterocycles. The Morgan fingerprint density at radius 1 is 1.03 bits per heavy atom.